The standard InChI is InChI=1S/C13H11ClN4S/c14-13-17-11(10-4-7-19-12(10)18-13)16-6-3-9-2-1-5-15-8-9/h1-2,4-5,7-8H,3,6H2,(H,16,17,18). The predicted molar refractivity (Wildman–Crippen MR) is 78.9 cm³/mol. The Morgan fingerprint density at radius 1 is 1.26 bits per heavy atom. The molecule has 4 nitrogen and oxygen atoms in total. The van der Waals surface area contributed by atoms with Crippen molar-refractivity contribution in [1.82, 2.24) is 15.0 Å². The molecule has 0 spiro atoms. The van der Waals surface area contributed by atoms with Gasteiger partial charge in [-0.25, -0.2) is 9.97 Å². The van der Waals surface area contributed by atoms with Gasteiger partial charge < -0.3 is 5.32 Å². The van der Waals surface area contributed by atoms with Crippen molar-refractivity contribution in [3.63, 3.8) is 0 Å². The molecule has 0 aliphatic heterocycles. The van der Waals surface area contributed by atoms with Crippen LogP contribution in [0.15, 0.2) is 36.0 Å². The first-order chi connectivity index (χ1) is 9.33. The summed E-state index contributed by atoms with van der Waals surface area (Å²) in [5.74, 6) is 0.792. The number of thiophene rings is 1. The van der Waals surface area contributed by atoms with E-state index in [1.165, 1.54) is 5.56 Å². The number of anilines is 1. The number of halogens is 1. The Balaban J connectivity index is 1.73. The molecule has 0 bridgehead atoms. The molecule has 96 valence electrons. The lowest BCUT2D eigenvalue weighted by atomic mass is 10.2. The average Bonchev–Trinajstić information content (AvgIpc) is 2.88. The fourth-order valence-electron chi connectivity index (χ4n) is 1.84. The van der Waals surface area contributed by atoms with Gasteiger partial charge in [-0.05, 0) is 41.1 Å². The van der Waals surface area contributed by atoms with E-state index in [1.54, 1.807) is 17.5 Å². The second-order valence-corrected chi connectivity index (χ2v) is 5.25. The summed E-state index contributed by atoms with van der Waals surface area (Å²) < 4.78 is 0. The Bertz CT molecular complexity index is 683. The fourth-order valence-corrected chi connectivity index (χ4v) is 2.82. The van der Waals surface area contributed by atoms with Crippen molar-refractivity contribution >= 4 is 39.0 Å². The maximum atomic E-state index is 5.91. The summed E-state index contributed by atoms with van der Waals surface area (Å²) in [6.07, 6.45) is 4.53. The van der Waals surface area contributed by atoms with Gasteiger partial charge in [-0.15, -0.1) is 11.3 Å². The van der Waals surface area contributed by atoms with Crippen molar-refractivity contribution in [3.05, 3.63) is 46.8 Å². The third kappa shape index (κ3) is 2.83. The first kappa shape index (κ1) is 12.3. The molecule has 19 heavy (non-hydrogen) atoms. The lowest BCUT2D eigenvalue weighted by Gasteiger charge is -2.06. The summed E-state index contributed by atoms with van der Waals surface area (Å²) in [5.41, 5.74) is 1.19. The van der Waals surface area contributed by atoms with Crippen LogP contribution in [0.1, 0.15) is 5.56 Å². The smallest absolute Gasteiger partial charge is 0.225 e. The highest BCUT2D eigenvalue weighted by molar-refractivity contribution is 7.16. The van der Waals surface area contributed by atoms with Gasteiger partial charge in [-0.3, -0.25) is 4.98 Å². The van der Waals surface area contributed by atoms with E-state index in [0.717, 1.165) is 29.0 Å². The van der Waals surface area contributed by atoms with Crippen molar-refractivity contribution in [2.45, 2.75) is 6.42 Å². The SMILES string of the molecule is Clc1nc(NCCc2cccnc2)c2ccsc2n1. The molecule has 0 saturated carbocycles. The minimum atomic E-state index is 0.277. The number of pyridine rings is 1. The number of fused-ring (bicyclic) bond motifs is 1. The molecule has 0 fully saturated rings. The normalized spacial score (nSPS) is 10.8. The molecule has 3 heterocycles. The van der Waals surface area contributed by atoms with Crippen LogP contribution in [0.2, 0.25) is 5.28 Å². The van der Waals surface area contributed by atoms with Crippen LogP contribution in [0, 0.1) is 0 Å². The number of aromatic nitrogens is 3. The zero-order valence-electron chi connectivity index (χ0n) is 10.0. The summed E-state index contributed by atoms with van der Waals surface area (Å²) in [6, 6.07) is 6.00. The van der Waals surface area contributed by atoms with Crippen molar-refractivity contribution in [2.24, 2.45) is 0 Å². The molecule has 1 N–H and O–H groups in total. The quantitative estimate of drug-likeness (QED) is 0.748. The Morgan fingerprint density at radius 2 is 2.21 bits per heavy atom. The number of hydrogen-bond acceptors (Lipinski definition) is 5. The van der Waals surface area contributed by atoms with Gasteiger partial charge in [0.05, 0.1) is 5.39 Å². The maximum Gasteiger partial charge on any atom is 0.225 e. The minimum Gasteiger partial charge on any atom is -0.369 e. The van der Waals surface area contributed by atoms with Gasteiger partial charge in [-0.2, -0.15) is 0 Å². The van der Waals surface area contributed by atoms with Gasteiger partial charge in [0, 0.05) is 18.9 Å². The first-order valence-electron chi connectivity index (χ1n) is 5.86. The van der Waals surface area contributed by atoms with Crippen LogP contribution in [-0.2, 0) is 6.42 Å². The highest BCUT2D eigenvalue weighted by Crippen LogP contribution is 2.26. The topological polar surface area (TPSA) is 50.7 Å². The highest BCUT2D eigenvalue weighted by atomic mass is 35.5. The molecule has 0 amide bonds. The predicted octanol–water partition coefficient (Wildman–Crippen LogP) is 3.39. The van der Waals surface area contributed by atoms with Crippen LogP contribution in [0.4, 0.5) is 5.82 Å². The van der Waals surface area contributed by atoms with Gasteiger partial charge in [0.1, 0.15) is 10.6 Å². The molecule has 3 aromatic heterocycles. The van der Waals surface area contributed by atoms with Crippen molar-refractivity contribution in [3.8, 4) is 0 Å². The van der Waals surface area contributed by atoms with Gasteiger partial charge in [-0.1, -0.05) is 6.07 Å². The van der Waals surface area contributed by atoms with E-state index in [2.05, 4.69) is 26.3 Å². The molecular weight excluding hydrogens is 280 g/mol. The molecule has 0 radical (unpaired) electrons. The summed E-state index contributed by atoms with van der Waals surface area (Å²) in [7, 11) is 0. The maximum absolute atomic E-state index is 5.91. The molecule has 0 aromatic carbocycles. The monoisotopic (exact) mass is 290 g/mol. The van der Waals surface area contributed by atoms with E-state index in [1.807, 2.05) is 23.7 Å². The van der Waals surface area contributed by atoms with E-state index in [9.17, 15) is 0 Å². The van der Waals surface area contributed by atoms with Gasteiger partial charge in [0.25, 0.3) is 0 Å². The van der Waals surface area contributed by atoms with Gasteiger partial charge in [0.2, 0.25) is 5.28 Å². The number of rotatable bonds is 4. The molecule has 3 rings (SSSR count). The zero-order valence-corrected chi connectivity index (χ0v) is 11.6. The third-order valence-electron chi connectivity index (χ3n) is 2.73. The highest BCUT2D eigenvalue weighted by Gasteiger charge is 2.07. The largest absolute Gasteiger partial charge is 0.369 e. The number of hydrogen-bond donors (Lipinski definition) is 1. The number of nitrogens with zero attached hydrogens (tertiary/aromatic N) is 3. The Hall–Kier alpha value is -1.72. The van der Waals surface area contributed by atoms with Crippen LogP contribution in [0.25, 0.3) is 10.2 Å². The molecule has 6 heteroatoms. The fraction of sp³-hybridized carbons (Fsp3) is 0.154. The minimum absolute atomic E-state index is 0.277. The molecule has 0 atom stereocenters. The summed E-state index contributed by atoms with van der Waals surface area (Å²) in [4.78, 5) is 13.4. The summed E-state index contributed by atoms with van der Waals surface area (Å²) >= 11 is 7.47. The second-order valence-electron chi connectivity index (χ2n) is 4.02. The van der Waals surface area contributed by atoms with E-state index in [4.69, 9.17) is 11.6 Å². The third-order valence-corrected chi connectivity index (χ3v) is 3.70. The molecular formula is C13H11ClN4S. The Labute approximate surface area is 119 Å². The second kappa shape index (κ2) is 5.50. The lowest BCUT2D eigenvalue weighted by molar-refractivity contribution is 0.994. The van der Waals surface area contributed by atoms with Crippen LogP contribution in [0.3, 0.4) is 0 Å². The lowest BCUT2D eigenvalue weighted by Crippen LogP contribution is -2.07. The Morgan fingerprint density at radius 3 is 3.05 bits per heavy atom. The van der Waals surface area contributed by atoms with Gasteiger partial charge >= 0.3 is 0 Å². The molecule has 0 saturated heterocycles. The molecule has 3 aromatic rings. The van der Waals surface area contributed by atoms with Crippen LogP contribution in [0.5, 0.6) is 0 Å². The van der Waals surface area contributed by atoms with Gasteiger partial charge in [0.15, 0.2) is 0 Å². The number of nitrogens with one attached hydrogen (secondary N) is 1. The zero-order chi connectivity index (χ0) is 13.1. The Kier molecular flexibility index (Phi) is 3.57. The molecule has 0 unspecified atom stereocenters. The van der Waals surface area contributed by atoms with Crippen molar-refractivity contribution in [1.29, 1.82) is 0 Å². The van der Waals surface area contributed by atoms with Crippen molar-refractivity contribution < 1.29 is 0 Å². The average molecular weight is 291 g/mol. The first-order valence-corrected chi connectivity index (χ1v) is 7.12. The van der Waals surface area contributed by atoms with E-state index < -0.39 is 0 Å². The summed E-state index contributed by atoms with van der Waals surface area (Å²) in [6.45, 7) is 0.782. The van der Waals surface area contributed by atoms with Crippen molar-refractivity contribution in [2.75, 3.05) is 11.9 Å². The van der Waals surface area contributed by atoms with Crippen LogP contribution < -0.4 is 5.32 Å². The van der Waals surface area contributed by atoms with E-state index in [-0.39, 0.29) is 5.28 Å². The van der Waals surface area contributed by atoms with E-state index in [0.29, 0.717) is 0 Å². The molecule has 0 aliphatic rings. The van der Waals surface area contributed by atoms with Crippen LogP contribution in [-0.4, -0.2) is 21.5 Å². The molecule has 0 aliphatic carbocycles. The summed E-state index contributed by atoms with van der Waals surface area (Å²) in [5, 5.41) is 6.59. The van der Waals surface area contributed by atoms with E-state index >= 15 is 0 Å². The van der Waals surface area contributed by atoms with Crippen LogP contribution >= 0.6 is 22.9 Å².